The Morgan fingerprint density at radius 1 is 0.576 bits per heavy atom. The summed E-state index contributed by atoms with van der Waals surface area (Å²) in [6, 6.07) is 31.8. The fraction of sp³-hybridized carbons (Fsp3) is 0.286. The van der Waals surface area contributed by atoms with Crippen molar-refractivity contribution < 1.29 is 111 Å². The number of carbonyl (C=O) groups is 2. The summed E-state index contributed by atoms with van der Waals surface area (Å²) in [5.41, 5.74) is 9.86. The third-order valence-corrected chi connectivity index (χ3v) is 16.0. The number of alkyl halides is 4. The van der Waals surface area contributed by atoms with Crippen LogP contribution in [0.3, 0.4) is 0 Å². The summed E-state index contributed by atoms with van der Waals surface area (Å²) in [4.78, 5) is 55.1. The van der Waals surface area contributed by atoms with Gasteiger partial charge in [0.15, 0.2) is 12.2 Å². The highest BCUT2D eigenvalue weighted by molar-refractivity contribution is 7.52. The lowest BCUT2D eigenvalue weighted by Gasteiger charge is -2.24. The lowest BCUT2D eigenvalue weighted by atomic mass is 10.1. The van der Waals surface area contributed by atoms with Crippen molar-refractivity contribution in [3.63, 3.8) is 0 Å². The van der Waals surface area contributed by atoms with E-state index in [1.807, 2.05) is 0 Å². The molecule has 0 aliphatic carbocycles. The molecule has 2 aromatic heterocycles. The van der Waals surface area contributed by atoms with E-state index in [9.17, 15) is 78.0 Å². The number of nitrogens with zero attached hydrogens (tertiary/aromatic N) is 4. The van der Waals surface area contributed by atoms with Gasteiger partial charge < -0.3 is 59.3 Å². The number of halogens is 9. The van der Waals surface area contributed by atoms with E-state index in [0.717, 1.165) is 30.1 Å². The first-order valence-electron chi connectivity index (χ1n) is 26.7. The average Bonchev–Trinajstić information content (AvgIpc) is 1.57. The van der Waals surface area contributed by atoms with Crippen molar-refractivity contribution in [3.8, 4) is 17.2 Å². The van der Waals surface area contributed by atoms with E-state index >= 15 is 0 Å². The molecule has 5 aromatic carbocycles. The van der Waals surface area contributed by atoms with Crippen molar-refractivity contribution >= 4 is 39.1 Å². The maximum Gasteiger partial charge on any atom is 0.513 e. The molecular weight excluding hydrogens is 1290 g/mol. The zero-order valence-corrected chi connectivity index (χ0v) is 49.4. The lowest BCUT2D eigenvalue weighted by Crippen LogP contribution is -2.42. The predicted octanol–water partition coefficient (Wildman–Crippen LogP) is 7.03. The molecule has 0 radical (unpaired) electrons. The van der Waals surface area contributed by atoms with Crippen molar-refractivity contribution in [1.29, 1.82) is 0 Å². The van der Waals surface area contributed by atoms with Crippen LogP contribution < -0.4 is 46.6 Å². The topological polar surface area (TPSA) is 349 Å². The Morgan fingerprint density at radius 2 is 0.935 bits per heavy atom. The Morgan fingerprint density at radius 3 is 1.33 bits per heavy atom. The molecule has 92 heavy (non-hydrogen) atoms. The molecule has 25 nitrogen and oxygen atoms in total. The highest BCUT2D eigenvalue weighted by atomic mass is 31.2. The molecule has 10 atom stereocenters. The zero-order chi connectivity index (χ0) is 67.3. The minimum absolute atomic E-state index is 0.0473. The Bertz CT molecular complexity index is 3850. The molecule has 36 heteroatoms. The molecule has 0 unspecified atom stereocenters. The van der Waals surface area contributed by atoms with E-state index in [-0.39, 0.29) is 36.3 Å². The van der Waals surface area contributed by atoms with Crippen molar-refractivity contribution in [2.75, 3.05) is 24.7 Å². The smallest absolute Gasteiger partial charge is 0.460 e. The van der Waals surface area contributed by atoms with Crippen LogP contribution in [0.25, 0.3) is 0 Å². The largest absolute Gasteiger partial charge is 0.513 e. The average molecular weight is 1350 g/mol. The number of esters is 2. The number of aliphatic hydroxyl groups is 3. The van der Waals surface area contributed by atoms with Gasteiger partial charge in [0.2, 0.25) is 47.3 Å². The van der Waals surface area contributed by atoms with Gasteiger partial charge >= 0.3 is 50.7 Å². The quantitative estimate of drug-likeness (QED) is 0.0118. The summed E-state index contributed by atoms with van der Waals surface area (Å²) in [7, 11) is -9.42. The summed E-state index contributed by atoms with van der Waals surface area (Å²) in [5.74, 6) is -23.4. The molecule has 0 spiro atoms. The van der Waals surface area contributed by atoms with Crippen LogP contribution in [-0.4, -0.2) is 108 Å². The Hall–Kier alpha value is -8.69. The van der Waals surface area contributed by atoms with E-state index in [2.05, 4.69) is 24.7 Å². The number of nitrogen functional groups attached to an aromatic ring is 2. The molecule has 9 rings (SSSR count). The molecule has 4 heterocycles. The number of aromatic nitrogens is 4. The van der Waals surface area contributed by atoms with Gasteiger partial charge in [0.05, 0.1) is 13.2 Å². The standard InChI is InChI=1S/C25H27F2N4O8P.C22H17F5NO5P.C9H11F2N3O4/c1-16(22(33)36-14-17-8-4-2-5-9-17)30-40(35,39-18-10-6-3-7-11-18)37-15-19-21(32)25(26,27)23(38-19)31-13-12-20(28)29-24(31)34;1-13(22(29)31-12-14-8-4-2-5-9-14)28-34(30,32-15-10-6-3-7-11-15)33-21-19(26)17(24)16(23)18(25)20(21)27;10-9(11)6(16)4(3-15)18-7(9)14-2-1-5(12)13-8(14)17/h2-13,16,19,21,23,32H,14-15H2,1H3,(H,30,35)(H2,28,29,34);2-11,13H,12H2,1H3,(H,28,30);1-2,4,6-7,15-16H,3H2,(H2,12,13,17)/t16-,19+,21+,23+,40+;13-,34+;4-,6-,7-/m001/s1. The molecule has 494 valence electrons. The molecule has 2 saturated heterocycles. The van der Waals surface area contributed by atoms with E-state index < -0.39 is 148 Å². The van der Waals surface area contributed by atoms with Crippen LogP contribution in [0.4, 0.5) is 51.1 Å². The van der Waals surface area contributed by atoms with Gasteiger partial charge in [-0.15, -0.1) is 0 Å². The van der Waals surface area contributed by atoms with E-state index in [4.69, 9.17) is 49.1 Å². The Labute approximate surface area is 514 Å². The van der Waals surface area contributed by atoms with Gasteiger partial charge in [0, 0.05) is 12.4 Å². The molecule has 2 aliphatic rings. The third kappa shape index (κ3) is 17.7. The van der Waals surface area contributed by atoms with Crippen LogP contribution in [0.5, 0.6) is 17.2 Å². The number of rotatable bonds is 22. The number of nitrogens with two attached hydrogens (primary N) is 2. The summed E-state index contributed by atoms with van der Waals surface area (Å²) >= 11 is 0. The van der Waals surface area contributed by atoms with Crippen LogP contribution >= 0.6 is 15.5 Å². The van der Waals surface area contributed by atoms with Crippen LogP contribution in [0.15, 0.2) is 155 Å². The summed E-state index contributed by atoms with van der Waals surface area (Å²) in [5, 5.41) is 32.9. The highest BCUT2D eigenvalue weighted by Gasteiger charge is 2.61. The van der Waals surface area contributed by atoms with Crippen LogP contribution in [0.1, 0.15) is 37.4 Å². The number of carbonyl (C=O) groups excluding carboxylic acids is 2. The molecule has 7 aromatic rings. The second-order valence-electron chi connectivity index (χ2n) is 19.5. The van der Waals surface area contributed by atoms with Gasteiger partial charge in [-0.25, -0.2) is 31.9 Å². The number of hydrogen-bond acceptors (Lipinski definition) is 21. The Balaban J connectivity index is 0.000000209. The van der Waals surface area contributed by atoms with Crippen molar-refractivity contribution in [3.05, 3.63) is 207 Å². The van der Waals surface area contributed by atoms with Crippen molar-refractivity contribution in [2.45, 2.75) is 87.9 Å². The maximum atomic E-state index is 14.9. The first-order chi connectivity index (χ1) is 43.5. The number of aliphatic hydroxyl groups excluding tert-OH is 3. The first kappa shape index (κ1) is 70.8. The third-order valence-electron chi connectivity index (χ3n) is 12.7. The minimum Gasteiger partial charge on any atom is -0.460 e. The van der Waals surface area contributed by atoms with Gasteiger partial charge in [-0.3, -0.25) is 23.2 Å². The van der Waals surface area contributed by atoms with Gasteiger partial charge in [-0.05, 0) is 61.4 Å². The first-order valence-corrected chi connectivity index (χ1v) is 29.8. The predicted molar refractivity (Wildman–Crippen MR) is 302 cm³/mol. The molecule has 2 fully saturated rings. The van der Waals surface area contributed by atoms with Gasteiger partial charge in [0.25, 0.3) is 0 Å². The molecular formula is C56H55F9N8O17P2. The van der Waals surface area contributed by atoms with E-state index in [1.54, 1.807) is 84.9 Å². The molecule has 2 aliphatic heterocycles. The van der Waals surface area contributed by atoms with Crippen LogP contribution in [0.2, 0.25) is 0 Å². The van der Waals surface area contributed by atoms with Gasteiger partial charge in [-0.1, -0.05) is 97.1 Å². The minimum atomic E-state index is -4.96. The van der Waals surface area contributed by atoms with Crippen molar-refractivity contribution in [1.82, 2.24) is 29.3 Å². The molecule has 0 bridgehead atoms. The maximum absolute atomic E-state index is 14.9. The monoisotopic (exact) mass is 1340 g/mol. The number of ether oxygens (including phenoxy) is 4. The molecule has 9 N–H and O–H groups in total. The van der Waals surface area contributed by atoms with Crippen LogP contribution in [-0.2, 0) is 55.4 Å². The van der Waals surface area contributed by atoms with Crippen LogP contribution in [0, 0.1) is 29.1 Å². The lowest BCUT2D eigenvalue weighted by molar-refractivity contribution is -0.147. The summed E-state index contributed by atoms with van der Waals surface area (Å²) < 4.78 is 195. The van der Waals surface area contributed by atoms with Crippen molar-refractivity contribution in [2.24, 2.45) is 0 Å². The van der Waals surface area contributed by atoms with E-state index in [0.29, 0.717) is 14.7 Å². The highest BCUT2D eigenvalue weighted by Crippen LogP contribution is 2.50. The van der Waals surface area contributed by atoms with E-state index in [1.165, 1.54) is 50.2 Å². The SMILES string of the molecule is C[C@H](N[P@@](=O)(OC[C@H]1O[C@@H](n2ccc(N)nc2=O)C(F)(F)[C@@H]1O)Oc1ccccc1)C(=O)OCc1ccccc1.C[C@H](N[P@@](=O)(Oc1ccccc1)Oc1c(F)c(F)c(F)c(F)c1F)C(=O)OCc1ccccc1.Nc1ccn([C@@H]2O[C@H](CO)[C@@H](O)C2(F)F)c(=O)n1. The number of benzene rings is 5. The zero-order valence-electron chi connectivity index (χ0n) is 47.6. The molecule has 0 amide bonds. The molecule has 0 saturated carbocycles. The fourth-order valence-electron chi connectivity index (χ4n) is 8.08. The fourth-order valence-corrected chi connectivity index (χ4v) is 11.1. The van der Waals surface area contributed by atoms with Gasteiger partial charge in [0.1, 0.15) is 60.6 Å². The number of nitrogens with one attached hydrogen (secondary N) is 2. The number of hydrogen-bond donors (Lipinski definition) is 7. The Kier molecular flexibility index (Phi) is 23.6. The number of para-hydroxylation sites is 2. The normalized spacial score (nSPS) is 20.7. The second-order valence-corrected chi connectivity index (χ2v) is 22.8. The van der Waals surface area contributed by atoms with Gasteiger partial charge in [-0.2, -0.15) is 46.5 Å². The number of anilines is 2. The summed E-state index contributed by atoms with van der Waals surface area (Å²) in [6.07, 6.45) is -10.2. The second kappa shape index (κ2) is 30.6. The summed E-state index contributed by atoms with van der Waals surface area (Å²) in [6.45, 7) is 0.680.